The van der Waals surface area contributed by atoms with Crippen LogP contribution in [0.1, 0.15) is 16.7 Å². The van der Waals surface area contributed by atoms with Gasteiger partial charge in [-0.1, -0.05) is 17.7 Å². The van der Waals surface area contributed by atoms with Crippen LogP contribution in [-0.4, -0.2) is 13.0 Å². The predicted octanol–water partition coefficient (Wildman–Crippen LogP) is 3.09. The maximum Gasteiger partial charge on any atom is 0.294 e. The molecule has 18 heavy (non-hydrogen) atoms. The summed E-state index contributed by atoms with van der Waals surface area (Å²) in [6.07, 6.45) is 1.38. The van der Waals surface area contributed by atoms with Gasteiger partial charge in [0, 0.05) is 0 Å². The largest absolute Gasteiger partial charge is 0.294 e. The highest BCUT2D eigenvalue weighted by molar-refractivity contribution is 7.85. The van der Waals surface area contributed by atoms with Crippen LogP contribution in [0.2, 0.25) is 0 Å². The van der Waals surface area contributed by atoms with Crippen molar-refractivity contribution >= 4 is 21.5 Å². The Morgan fingerprint density at radius 2 is 2.00 bits per heavy atom. The quantitative estimate of drug-likeness (QED) is 0.877. The van der Waals surface area contributed by atoms with Crippen molar-refractivity contribution in [2.75, 3.05) is 0 Å². The Bertz CT molecular complexity index is 628. The van der Waals surface area contributed by atoms with Gasteiger partial charge in [-0.05, 0) is 53.8 Å². The molecule has 0 aliphatic carbocycles. The van der Waals surface area contributed by atoms with Crippen LogP contribution < -0.4 is 0 Å². The fourth-order valence-electron chi connectivity index (χ4n) is 1.87. The lowest BCUT2D eigenvalue weighted by molar-refractivity contribution is 0.482. The number of thiophene rings is 1. The fraction of sp³-hybridized carbons (Fsp3) is 0.231. The van der Waals surface area contributed by atoms with Crippen molar-refractivity contribution in [2.24, 2.45) is 0 Å². The summed E-state index contributed by atoms with van der Waals surface area (Å²) >= 11 is 1.62. The van der Waals surface area contributed by atoms with Crippen LogP contribution in [0.25, 0.3) is 0 Å². The van der Waals surface area contributed by atoms with Gasteiger partial charge in [0.05, 0.1) is 4.90 Å². The number of benzene rings is 1. The van der Waals surface area contributed by atoms with Crippen molar-refractivity contribution in [3.05, 3.63) is 51.7 Å². The molecule has 5 heteroatoms. The molecule has 0 spiro atoms. The van der Waals surface area contributed by atoms with Crippen LogP contribution in [-0.2, 0) is 23.0 Å². The van der Waals surface area contributed by atoms with E-state index in [2.05, 4.69) is 0 Å². The molecule has 0 fully saturated rings. The molecule has 0 bridgehead atoms. The van der Waals surface area contributed by atoms with Gasteiger partial charge in [-0.3, -0.25) is 4.55 Å². The number of rotatable bonds is 4. The van der Waals surface area contributed by atoms with Gasteiger partial charge in [0.15, 0.2) is 0 Å². The highest BCUT2D eigenvalue weighted by Crippen LogP contribution is 2.20. The highest BCUT2D eigenvalue weighted by Gasteiger charge is 2.15. The van der Waals surface area contributed by atoms with Crippen LogP contribution in [0.5, 0.6) is 0 Å². The summed E-state index contributed by atoms with van der Waals surface area (Å²) in [6, 6.07) is 6.99. The molecular formula is C13H14O3S2. The molecule has 2 aromatic rings. The Labute approximate surface area is 111 Å². The first-order valence-corrected chi connectivity index (χ1v) is 7.93. The minimum Gasteiger partial charge on any atom is -0.282 e. The molecule has 2 rings (SSSR count). The van der Waals surface area contributed by atoms with E-state index in [9.17, 15) is 13.0 Å². The van der Waals surface area contributed by atoms with Crippen molar-refractivity contribution in [1.29, 1.82) is 0 Å². The Kier molecular flexibility index (Phi) is 3.85. The minimum absolute atomic E-state index is 0.0170. The maximum atomic E-state index is 11.3. The normalized spacial score (nSPS) is 11.7. The molecule has 0 aliphatic heterocycles. The molecule has 1 aromatic carbocycles. The lowest BCUT2D eigenvalue weighted by Gasteiger charge is -2.07. The second kappa shape index (κ2) is 5.22. The van der Waals surface area contributed by atoms with E-state index in [1.165, 1.54) is 11.6 Å². The Balaban J connectivity index is 2.28. The van der Waals surface area contributed by atoms with Gasteiger partial charge < -0.3 is 0 Å². The van der Waals surface area contributed by atoms with Crippen LogP contribution in [0.4, 0.5) is 0 Å². The van der Waals surface area contributed by atoms with Gasteiger partial charge >= 0.3 is 0 Å². The molecule has 0 aliphatic rings. The molecule has 1 N–H and O–H groups in total. The van der Waals surface area contributed by atoms with E-state index in [0.717, 1.165) is 12.0 Å². The third kappa shape index (κ3) is 3.19. The van der Waals surface area contributed by atoms with Crippen LogP contribution in [0.3, 0.4) is 0 Å². The van der Waals surface area contributed by atoms with E-state index in [1.54, 1.807) is 17.4 Å². The topological polar surface area (TPSA) is 54.4 Å². The summed E-state index contributed by atoms with van der Waals surface area (Å²) in [5.74, 6) is 0. The van der Waals surface area contributed by atoms with E-state index >= 15 is 0 Å². The van der Waals surface area contributed by atoms with Gasteiger partial charge in [0.25, 0.3) is 10.1 Å². The first kappa shape index (κ1) is 13.3. The third-order valence-corrected chi connectivity index (χ3v) is 4.44. The smallest absolute Gasteiger partial charge is 0.282 e. The predicted molar refractivity (Wildman–Crippen MR) is 72.7 cm³/mol. The van der Waals surface area contributed by atoms with Crippen molar-refractivity contribution in [3.63, 3.8) is 0 Å². The molecule has 96 valence electrons. The molecule has 0 amide bonds. The monoisotopic (exact) mass is 282 g/mol. The van der Waals surface area contributed by atoms with Gasteiger partial charge in [0.2, 0.25) is 0 Å². The summed E-state index contributed by atoms with van der Waals surface area (Å²) < 4.78 is 31.8. The van der Waals surface area contributed by atoms with Crippen molar-refractivity contribution in [3.8, 4) is 0 Å². The second-order valence-electron chi connectivity index (χ2n) is 4.22. The summed E-state index contributed by atoms with van der Waals surface area (Å²) in [5.41, 5.74) is 2.84. The summed E-state index contributed by atoms with van der Waals surface area (Å²) in [5, 5.41) is 4.04. The Hall–Kier alpha value is -1.17. The van der Waals surface area contributed by atoms with Crippen LogP contribution in [0.15, 0.2) is 39.9 Å². The number of hydrogen-bond acceptors (Lipinski definition) is 3. The van der Waals surface area contributed by atoms with Crippen molar-refractivity contribution < 1.29 is 13.0 Å². The zero-order valence-electron chi connectivity index (χ0n) is 9.96. The van der Waals surface area contributed by atoms with Gasteiger partial charge in [-0.15, -0.1) is 0 Å². The van der Waals surface area contributed by atoms with Crippen LogP contribution in [0, 0.1) is 6.92 Å². The summed E-state index contributed by atoms with van der Waals surface area (Å²) in [7, 11) is -4.14. The minimum atomic E-state index is -4.14. The second-order valence-corrected chi connectivity index (χ2v) is 6.39. The summed E-state index contributed by atoms with van der Waals surface area (Å²) in [4.78, 5) is 0.0170. The lowest BCUT2D eigenvalue weighted by atomic mass is 10.0. The average molecular weight is 282 g/mol. The zero-order chi connectivity index (χ0) is 13.2. The van der Waals surface area contributed by atoms with E-state index in [0.29, 0.717) is 12.0 Å². The lowest BCUT2D eigenvalue weighted by Crippen LogP contribution is -2.04. The number of aryl methyl sites for hydroxylation is 3. The van der Waals surface area contributed by atoms with E-state index in [4.69, 9.17) is 0 Å². The zero-order valence-corrected chi connectivity index (χ0v) is 11.6. The summed E-state index contributed by atoms with van der Waals surface area (Å²) in [6.45, 7) is 1.90. The fourth-order valence-corrected chi connectivity index (χ4v) is 3.30. The molecule has 3 nitrogen and oxygen atoms in total. The molecule has 0 atom stereocenters. The molecule has 0 saturated heterocycles. The van der Waals surface area contributed by atoms with Gasteiger partial charge in [-0.25, -0.2) is 0 Å². The first-order valence-electron chi connectivity index (χ1n) is 5.55. The SMILES string of the molecule is Cc1ccc(S(=O)(=O)O)c(CCc2ccsc2)c1. The highest BCUT2D eigenvalue weighted by atomic mass is 32.2. The van der Waals surface area contributed by atoms with E-state index < -0.39 is 10.1 Å². The molecule has 0 unspecified atom stereocenters. The molecular weight excluding hydrogens is 268 g/mol. The first-order chi connectivity index (χ1) is 8.47. The molecule has 1 heterocycles. The molecule has 0 saturated carbocycles. The Morgan fingerprint density at radius 3 is 2.61 bits per heavy atom. The third-order valence-electron chi connectivity index (χ3n) is 2.76. The van der Waals surface area contributed by atoms with E-state index in [1.807, 2.05) is 29.8 Å². The molecule has 1 aromatic heterocycles. The van der Waals surface area contributed by atoms with Crippen LogP contribution >= 0.6 is 11.3 Å². The van der Waals surface area contributed by atoms with Crippen molar-refractivity contribution in [2.45, 2.75) is 24.7 Å². The van der Waals surface area contributed by atoms with Gasteiger partial charge in [0.1, 0.15) is 0 Å². The van der Waals surface area contributed by atoms with Crippen molar-refractivity contribution in [1.82, 2.24) is 0 Å². The van der Waals surface area contributed by atoms with E-state index in [-0.39, 0.29) is 4.90 Å². The van der Waals surface area contributed by atoms with Gasteiger partial charge in [-0.2, -0.15) is 19.8 Å². The number of hydrogen-bond donors (Lipinski definition) is 1. The Morgan fingerprint density at radius 1 is 1.22 bits per heavy atom. The average Bonchev–Trinajstić information content (AvgIpc) is 2.77. The standard InChI is InChI=1S/C13H14O3S2/c1-10-2-5-13(18(14,15)16)12(8-10)4-3-11-6-7-17-9-11/h2,5-9H,3-4H2,1H3,(H,14,15,16). The molecule has 0 radical (unpaired) electrons. The maximum absolute atomic E-state index is 11.3.